The zero-order valence-electron chi connectivity index (χ0n) is 19.4. The van der Waals surface area contributed by atoms with E-state index in [-0.39, 0.29) is 11.3 Å². The summed E-state index contributed by atoms with van der Waals surface area (Å²) in [5.41, 5.74) is 3.71. The lowest BCUT2D eigenvalue weighted by atomic mass is 9.98. The highest BCUT2D eigenvalue weighted by Crippen LogP contribution is 2.32. The van der Waals surface area contributed by atoms with E-state index in [9.17, 15) is 22.0 Å². The Morgan fingerprint density at radius 1 is 0.838 bits per heavy atom. The standard InChI is InChI=1S/C27H20F2N4O3S/c1-37(35,36)33-21-4-2-17-13-26(32-25(17)15-21)27(34)31-22-11-18(16-6-8-30-9-7-16)10-19(12-22)23-5-3-20(28)14-24(23)29/h2-15,32-33H,1H3,(H,31,34). The maximum Gasteiger partial charge on any atom is 0.272 e. The number of hydrogen-bond acceptors (Lipinski definition) is 4. The van der Waals surface area contributed by atoms with E-state index in [4.69, 9.17) is 0 Å². The Labute approximate surface area is 211 Å². The van der Waals surface area contributed by atoms with Crippen molar-refractivity contribution in [2.24, 2.45) is 0 Å². The molecule has 0 saturated carbocycles. The van der Waals surface area contributed by atoms with Crippen LogP contribution in [0.3, 0.4) is 0 Å². The fourth-order valence-corrected chi connectivity index (χ4v) is 4.57. The largest absolute Gasteiger partial charge is 0.350 e. The number of aromatic amines is 1. The Hall–Kier alpha value is -4.57. The van der Waals surface area contributed by atoms with Crippen LogP contribution in [0.15, 0.2) is 85.2 Å². The number of nitrogens with zero attached hydrogens (tertiary/aromatic N) is 1. The predicted octanol–water partition coefficient (Wildman–Crippen LogP) is 5.80. The third-order valence-corrected chi connectivity index (χ3v) is 6.22. The van der Waals surface area contributed by atoms with Gasteiger partial charge in [0.15, 0.2) is 0 Å². The molecule has 3 aromatic carbocycles. The van der Waals surface area contributed by atoms with Gasteiger partial charge in [0, 0.05) is 40.6 Å². The van der Waals surface area contributed by atoms with E-state index in [0.717, 1.165) is 17.9 Å². The van der Waals surface area contributed by atoms with Gasteiger partial charge in [0.1, 0.15) is 17.3 Å². The van der Waals surface area contributed by atoms with Crippen LogP contribution in [0.2, 0.25) is 0 Å². The minimum Gasteiger partial charge on any atom is -0.350 e. The summed E-state index contributed by atoms with van der Waals surface area (Å²) in [6.07, 6.45) is 4.29. The van der Waals surface area contributed by atoms with Crippen LogP contribution >= 0.6 is 0 Å². The number of hydrogen-bond donors (Lipinski definition) is 3. The molecule has 3 N–H and O–H groups in total. The van der Waals surface area contributed by atoms with Gasteiger partial charge in [0.25, 0.3) is 5.91 Å². The Kier molecular flexibility index (Phi) is 6.18. The number of aromatic nitrogens is 2. The quantitative estimate of drug-likeness (QED) is 0.264. The molecule has 0 atom stereocenters. The monoisotopic (exact) mass is 518 g/mol. The van der Waals surface area contributed by atoms with E-state index in [2.05, 4.69) is 20.0 Å². The molecule has 2 heterocycles. The Bertz CT molecular complexity index is 1750. The summed E-state index contributed by atoms with van der Waals surface area (Å²) in [5.74, 6) is -1.86. The fourth-order valence-electron chi connectivity index (χ4n) is 4.02. The molecule has 2 aromatic heterocycles. The van der Waals surface area contributed by atoms with Crippen LogP contribution in [0.25, 0.3) is 33.2 Å². The van der Waals surface area contributed by atoms with Gasteiger partial charge in [0.05, 0.1) is 11.9 Å². The summed E-state index contributed by atoms with van der Waals surface area (Å²) in [6, 6.07) is 18.5. The molecule has 37 heavy (non-hydrogen) atoms. The number of anilines is 2. The van der Waals surface area contributed by atoms with Gasteiger partial charge in [-0.2, -0.15) is 0 Å². The number of sulfonamides is 1. The van der Waals surface area contributed by atoms with Crippen molar-refractivity contribution >= 4 is 38.2 Å². The van der Waals surface area contributed by atoms with Gasteiger partial charge in [-0.3, -0.25) is 14.5 Å². The van der Waals surface area contributed by atoms with Gasteiger partial charge in [-0.25, -0.2) is 17.2 Å². The van der Waals surface area contributed by atoms with E-state index in [1.165, 1.54) is 12.1 Å². The molecule has 0 unspecified atom stereocenters. The normalized spacial score (nSPS) is 11.4. The highest BCUT2D eigenvalue weighted by atomic mass is 32.2. The maximum absolute atomic E-state index is 14.6. The van der Waals surface area contributed by atoms with Gasteiger partial charge in [0.2, 0.25) is 10.0 Å². The number of carbonyl (C=O) groups excluding carboxylic acids is 1. The lowest BCUT2D eigenvalue weighted by Gasteiger charge is -2.12. The number of nitrogens with one attached hydrogen (secondary N) is 3. The van der Waals surface area contributed by atoms with Crippen molar-refractivity contribution in [3.05, 3.63) is 103 Å². The highest BCUT2D eigenvalue weighted by molar-refractivity contribution is 7.92. The zero-order chi connectivity index (χ0) is 26.2. The van der Waals surface area contributed by atoms with Crippen molar-refractivity contribution in [2.75, 3.05) is 16.3 Å². The van der Waals surface area contributed by atoms with Crippen molar-refractivity contribution in [3.63, 3.8) is 0 Å². The second kappa shape index (κ2) is 9.47. The van der Waals surface area contributed by atoms with E-state index in [1.807, 2.05) is 0 Å². The van der Waals surface area contributed by atoms with Gasteiger partial charge >= 0.3 is 0 Å². The molecule has 0 aliphatic heterocycles. The van der Waals surface area contributed by atoms with Crippen molar-refractivity contribution in [1.82, 2.24) is 9.97 Å². The van der Waals surface area contributed by atoms with E-state index < -0.39 is 27.6 Å². The molecule has 1 amide bonds. The summed E-state index contributed by atoms with van der Waals surface area (Å²) < 4.78 is 53.5. The zero-order valence-corrected chi connectivity index (χ0v) is 20.2. The molecule has 0 spiro atoms. The summed E-state index contributed by atoms with van der Waals surface area (Å²) in [5, 5.41) is 3.54. The van der Waals surface area contributed by atoms with Crippen molar-refractivity contribution in [3.8, 4) is 22.3 Å². The number of pyridine rings is 1. The van der Waals surface area contributed by atoms with Crippen LogP contribution in [0, 0.1) is 11.6 Å². The fraction of sp³-hybridized carbons (Fsp3) is 0.0370. The first-order chi connectivity index (χ1) is 17.6. The molecule has 0 radical (unpaired) electrons. The van der Waals surface area contributed by atoms with E-state index >= 15 is 0 Å². The molecule has 5 rings (SSSR count). The second-order valence-electron chi connectivity index (χ2n) is 8.47. The molecule has 0 saturated heterocycles. The van der Waals surface area contributed by atoms with Gasteiger partial charge < -0.3 is 10.3 Å². The minimum atomic E-state index is -3.45. The van der Waals surface area contributed by atoms with Crippen LogP contribution in [-0.4, -0.2) is 30.5 Å². The highest BCUT2D eigenvalue weighted by Gasteiger charge is 2.15. The third kappa shape index (κ3) is 5.49. The number of halogens is 2. The lowest BCUT2D eigenvalue weighted by Crippen LogP contribution is -2.12. The smallest absolute Gasteiger partial charge is 0.272 e. The number of fused-ring (bicyclic) bond motifs is 1. The minimum absolute atomic E-state index is 0.185. The summed E-state index contributed by atoms with van der Waals surface area (Å²) >= 11 is 0. The maximum atomic E-state index is 14.6. The van der Waals surface area contributed by atoms with Crippen LogP contribution in [0.5, 0.6) is 0 Å². The molecule has 7 nitrogen and oxygen atoms in total. The average molecular weight is 519 g/mol. The Balaban J connectivity index is 1.50. The number of benzene rings is 3. The van der Waals surface area contributed by atoms with Crippen LogP contribution in [0.1, 0.15) is 10.5 Å². The number of rotatable bonds is 6. The SMILES string of the molecule is CS(=O)(=O)Nc1ccc2cc(C(=O)Nc3cc(-c4ccncc4)cc(-c4ccc(F)cc4F)c3)[nH]c2c1. The topological polar surface area (TPSA) is 104 Å². The van der Waals surface area contributed by atoms with Crippen LogP contribution < -0.4 is 10.0 Å². The van der Waals surface area contributed by atoms with Crippen LogP contribution in [-0.2, 0) is 10.0 Å². The summed E-state index contributed by atoms with van der Waals surface area (Å²) in [4.78, 5) is 20.1. The molecule has 0 fully saturated rings. The van der Waals surface area contributed by atoms with Crippen molar-refractivity contribution in [2.45, 2.75) is 0 Å². The van der Waals surface area contributed by atoms with E-state index in [0.29, 0.717) is 33.4 Å². The first kappa shape index (κ1) is 24.1. The third-order valence-electron chi connectivity index (χ3n) is 5.62. The summed E-state index contributed by atoms with van der Waals surface area (Å²) in [6.45, 7) is 0. The second-order valence-corrected chi connectivity index (χ2v) is 10.2. The number of carbonyl (C=O) groups is 1. The molecule has 186 valence electrons. The van der Waals surface area contributed by atoms with Crippen molar-refractivity contribution in [1.29, 1.82) is 0 Å². The Morgan fingerprint density at radius 3 is 2.32 bits per heavy atom. The molecule has 5 aromatic rings. The molecule has 0 bridgehead atoms. The first-order valence-electron chi connectivity index (χ1n) is 11.1. The van der Waals surface area contributed by atoms with Crippen molar-refractivity contribution < 1.29 is 22.0 Å². The van der Waals surface area contributed by atoms with Crippen LogP contribution in [0.4, 0.5) is 20.2 Å². The van der Waals surface area contributed by atoms with Gasteiger partial charge in [-0.15, -0.1) is 0 Å². The molecule has 0 aliphatic rings. The predicted molar refractivity (Wildman–Crippen MR) is 140 cm³/mol. The average Bonchev–Trinajstić information content (AvgIpc) is 3.27. The molecular weight excluding hydrogens is 498 g/mol. The van der Waals surface area contributed by atoms with E-state index in [1.54, 1.807) is 67.0 Å². The Morgan fingerprint density at radius 2 is 1.59 bits per heavy atom. The summed E-state index contributed by atoms with van der Waals surface area (Å²) in [7, 11) is -3.45. The van der Waals surface area contributed by atoms with Gasteiger partial charge in [-0.1, -0.05) is 6.07 Å². The van der Waals surface area contributed by atoms with Gasteiger partial charge in [-0.05, 0) is 77.4 Å². The molecule has 10 heteroatoms. The first-order valence-corrected chi connectivity index (χ1v) is 13.0. The molecular formula is C27H20F2N4O3S. The number of amides is 1. The lowest BCUT2D eigenvalue weighted by molar-refractivity contribution is 0.102. The number of H-pyrrole nitrogens is 1. The molecule has 0 aliphatic carbocycles.